The van der Waals surface area contributed by atoms with E-state index in [9.17, 15) is 41.4 Å². The quantitative estimate of drug-likeness (QED) is 0.167. The largest absolute Gasteiger partial charge is 0.481 e. The number of carbonyl (C=O) groups excluding carboxylic acids is 1. The Bertz CT molecular complexity index is 2090. The zero-order valence-corrected chi connectivity index (χ0v) is 32.6. The molecule has 7 rings (SSSR count). The van der Waals surface area contributed by atoms with Gasteiger partial charge in [0.05, 0.1) is 28.5 Å². The summed E-state index contributed by atoms with van der Waals surface area (Å²) in [5, 5.41) is 23.6. The lowest BCUT2D eigenvalue weighted by molar-refractivity contribution is -0.138. The number of amides is 1. The Balaban J connectivity index is 1.03. The summed E-state index contributed by atoms with van der Waals surface area (Å²) in [4.78, 5) is 24.9. The molecule has 0 radical (unpaired) electrons. The number of benzene rings is 2. The van der Waals surface area contributed by atoms with Crippen LogP contribution in [0.25, 0.3) is 10.9 Å². The summed E-state index contributed by atoms with van der Waals surface area (Å²) in [7, 11) is -4.47. The van der Waals surface area contributed by atoms with Crippen LogP contribution < -0.4 is 5.32 Å². The first-order valence-corrected chi connectivity index (χ1v) is 21.3. The molecule has 4 aliphatic rings. The van der Waals surface area contributed by atoms with E-state index in [1.54, 1.807) is 24.3 Å². The third-order valence-electron chi connectivity index (χ3n) is 14.4. The first-order chi connectivity index (χ1) is 25.9. The number of nitrogens with zero attached hydrogens (tertiary/aromatic N) is 1. The van der Waals surface area contributed by atoms with Crippen molar-refractivity contribution in [3.8, 4) is 0 Å². The molecule has 1 aromatic heterocycles. The van der Waals surface area contributed by atoms with Crippen LogP contribution >= 0.6 is 0 Å². The normalized spacial score (nSPS) is 30.5. The molecule has 298 valence electrons. The van der Waals surface area contributed by atoms with Crippen molar-refractivity contribution in [3.63, 3.8) is 0 Å². The molecule has 2 aromatic carbocycles. The van der Waals surface area contributed by atoms with Crippen molar-refractivity contribution in [1.29, 1.82) is 0 Å². The van der Waals surface area contributed by atoms with E-state index >= 15 is 0 Å². The molecule has 3 saturated carbocycles. The van der Waals surface area contributed by atoms with Crippen molar-refractivity contribution in [2.24, 2.45) is 40.4 Å². The second-order valence-electron chi connectivity index (χ2n) is 17.5. The highest BCUT2D eigenvalue weighted by Gasteiger charge is 2.59. The maximum atomic E-state index is 13.7. The SMILES string of the molecule is C[C@H](CCC(=O)N[C@H](CC(=O)O)Cc1cn(S(=O)(=O)c2cccc(C(F)(F)F)c2)c2ccccc12)[C@H]1CC[C@H]2[C@@H]3CC=C4C[C@@H](O)CC[C@]4(C)[C@H]3CC[C@]12C. The van der Waals surface area contributed by atoms with E-state index in [1.165, 1.54) is 31.0 Å². The van der Waals surface area contributed by atoms with Crippen molar-refractivity contribution >= 4 is 32.8 Å². The molecule has 0 bridgehead atoms. The third-order valence-corrected chi connectivity index (χ3v) is 16.1. The smallest absolute Gasteiger partial charge is 0.416 e. The number of carboxylic acids is 1. The number of halogens is 3. The van der Waals surface area contributed by atoms with Gasteiger partial charge in [0.15, 0.2) is 0 Å². The van der Waals surface area contributed by atoms with Crippen molar-refractivity contribution in [3.05, 3.63) is 77.5 Å². The molecule has 8 nitrogen and oxygen atoms in total. The van der Waals surface area contributed by atoms with Crippen LogP contribution in [-0.4, -0.2) is 46.6 Å². The third kappa shape index (κ3) is 7.38. The van der Waals surface area contributed by atoms with E-state index in [0.717, 1.165) is 54.3 Å². The molecule has 55 heavy (non-hydrogen) atoms. The average molecular weight is 783 g/mol. The van der Waals surface area contributed by atoms with Gasteiger partial charge in [0.1, 0.15) is 0 Å². The number of aromatic nitrogens is 1. The van der Waals surface area contributed by atoms with Gasteiger partial charge in [0.25, 0.3) is 10.0 Å². The van der Waals surface area contributed by atoms with E-state index in [-0.39, 0.29) is 47.6 Å². The molecule has 0 aliphatic heterocycles. The Labute approximate surface area is 321 Å². The minimum atomic E-state index is -4.73. The Kier molecular flexibility index (Phi) is 10.6. The van der Waals surface area contributed by atoms with Crippen LogP contribution in [0.4, 0.5) is 13.2 Å². The van der Waals surface area contributed by atoms with Crippen LogP contribution in [0.1, 0.15) is 103 Å². The van der Waals surface area contributed by atoms with E-state index in [4.69, 9.17) is 0 Å². The summed E-state index contributed by atoms with van der Waals surface area (Å²) in [5.41, 5.74) is 1.45. The Morgan fingerprint density at radius 2 is 1.78 bits per heavy atom. The number of hydrogen-bond acceptors (Lipinski definition) is 5. The molecule has 9 atom stereocenters. The second kappa shape index (κ2) is 14.7. The van der Waals surface area contributed by atoms with Crippen LogP contribution in [0, 0.1) is 40.4 Å². The lowest BCUT2D eigenvalue weighted by Crippen LogP contribution is -2.50. The van der Waals surface area contributed by atoms with Crippen LogP contribution in [0.2, 0.25) is 0 Å². The fraction of sp³-hybridized carbons (Fsp3) is 0.581. The van der Waals surface area contributed by atoms with Crippen LogP contribution in [0.3, 0.4) is 0 Å². The lowest BCUT2D eigenvalue weighted by Gasteiger charge is -2.58. The predicted octanol–water partition coefficient (Wildman–Crippen LogP) is 8.76. The zero-order chi connectivity index (χ0) is 39.5. The highest BCUT2D eigenvalue weighted by atomic mass is 32.2. The number of carboxylic acid groups (broad SMARTS) is 1. The van der Waals surface area contributed by atoms with Crippen molar-refractivity contribution in [2.75, 3.05) is 0 Å². The van der Waals surface area contributed by atoms with Crippen molar-refractivity contribution in [2.45, 2.75) is 121 Å². The second-order valence-corrected chi connectivity index (χ2v) is 19.3. The van der Waals surface area contributed by atoms with Crippen molar-refractivity contribution < 1.29 is 41.4 Å². The number of carbonyl (C=O) groups is 2. The minimum absolute atomic E-state index is 0.0121. The number of nitrogens with one attached hydrogen (secondary N) is 1. The molecule has 1 amide bonds. The Morgan fingerprint density at radius 1 is 1.02 bits per heavy atom. The first-order valence-electron chi connectivity index (χ1n) is 19.8. The van der Waals surface area contributed by atoms with Crippen molar-refractivity contribution in [1.82, 2.24) is 9.29 Å². The standard InChI is InChI=1S/C43H53F3N2O6S/c1-26(35-14-15-36-34-13-12-28-22-31(49)17-19-41(28,2)37(34)18-20-42(35,36)3)11-16-39(50)47-30(24-40(51)52)21-27-25-48(38-10-5-4-9-33(27)38)55(53,54)32-8-6-7-29(23-32)43(44,45)46/h4-10,12,23,25-26,30-31,34-37,49H,11,13-22,24H2,1-3H3,(H,47,50)(H,51,52)/t26-,30+,31+,34+,35-,36+,37+,41+,42-/m1/s1. The lowest BCUT2D eigenvalue weighted by atomic mass is 9.47. The molecule has 3 fully saturated rings. The van der Waals surface area contributed by atoms with Gasteiger partial charge >= 0.3 is 12.1 Å². The van der Waals surface area contributed by atoms with Gasteiger partial charge in [-0.1, -0.05) is 56.7 Å². The molecule has 1 heterocycles. The summed E-state index contributed by atoms with van der Waals surface area (Å²) in [5.74, 6) is 1.32. The van der Waals surface area contributed by atoms with Gasteiger partial charge in [-0.05, 0) is 134 Å². The van der Waals surface area contributed by atoms with Gasteiger partial charge in [0, 0.05) is 24.0 Å². The van der Waals surface area contributed by atoms with Gasteiger partial charge < -0.3 is 15.5 Å². The monoisotopic (exact) mass is 782 g/mol. The summed E-state index contributed by atoms with van der Waals surface area (Å²) in [6.07, 6.45) is 7.87. The van der Waals surface area contributed by atoms with Gasteiger partial charge in [-0.3, -0.25) is 9.59 Å². The average Bonchev–Trinajstić information content (AvgIpc) is 3.68. The van der Waals surface area contributed by atoms with Gasteiger partial charge in [-0.2, -0.15) is 13.2 Å². The number of allylic oxidation sites excluding steroid dienone is 1. The topological polar surface area (TPSA) is 126 Å². The molecule has 4 aliphatic carbocycles. The maximum Gasteiger partial charge on any atom is 0.416 e. The first kappa shape index (κ1) is 39.6. The number of fused-ring (bicyclic) bond motifs is 6. The van der Waals surface area contributed by atoms with E-state index < -0.39 is 38.7 Å². The molecule has 12 heteroatoms. The minimum Gasteiger partial charge on any atom is -0.481 e. The highest BCUT2D eigenvalue weighted by Crippen LogP contribution is 2.67. The summed E-state index contributed by atoms with van der Waals surface area (Å²) in [6.45, 7) is 7.16. The number of aliphatic hydroxyl groups is 1. The molecule has 0 spiro atoms. The number of rotatable bonds is 11. The summed E-state index contributed by atoms with van der Waals surface area (Å²) >= 11 is 0. The highest BCUT2D eigenvalue weighted by molar-refractivity contribution is 7.90. The number of alkyl halides is 3. The number of aliphatic carboxylic acids is 1. The predicted molar refractivity (Wildman–Crippen MR) is 203 cm³/mol. The number of aliphatic hydroxyl groups excluding tert-OH is 1. The van der Waals surface area contributed by atoms with Gasteiger partial charge in [0.2, 0.25) is 5.91 Å². The summed E-state index contributed by atoms with van der Waals surface area (Å²) in [6, 6.07) is 9.25. The molecule has 0 unspecified atom stereocenters. The van der Waals surface area contributed by atoms with E-state index in [0.29, 0.717) is 53.0 Å². The molecule has 0 saturated heterocycles. The zero-order valence-electron chi connectivity index (χ0n) is 31.8. The van der Waals surface area contributed by atoms with Crippen LogP contribution in [-0.2, 0) is 32.2 Å². The van der Waals surface area contributed by atoms with E-state index in [2.05, 4.69) is 32.2 Å². The van der Waals surface area contributed by atoms with Crippen LogP contribution in [0.15, 0.2) is 71.3 Å². The Hall–Kier alpha value is -3.64. The molecular formula is C43H53F3N2O6S. The number of para-hydroxylation sites is 1. The van der Waals surface area contributed by atoms with Gasteiger partial charge in [-0.15, -0.1) is 0 Å². The number of hydrogen-bond donors (Lipinski definition) is 3. The Morgan fingerprint density at radius 3 is 2.53 bits per heavy atom. The molecule has 3 aromatic rings. The fourth-order valence-corrected chi connectivity index (χ4v) is 13.1. The van der Waals surface area contributed by atoms with Crippen LogP contribution in [0.5, 0.6) is 0 Å². The molecule has 3 N–H and O–H groups in total. The maximum absolute atomic E-state index is 13.7. The fourth-order valence-electron chi connectivity index (χ4n) is 11.7. The summed E-state index contributed by atoms with van der Waals surface area (Å²) < 4.78 is 68.7. The van der Waals surface area contributed by atoms with E-state index in [1.807, 2.05) is 0 Å². The molecular weight excluding hydrogens is 730 g/mol. The van der Waals surface area contributed by atoms with Gasteiger partial charge in [-0.25, -0.2) is 12.4 Å².